The Kier molecular flexibility index (Phi) is 7.06. The van der Waals surface area contributed by atoms with Crippen LogP contribution in [0.2, 0.25) is 0 Å². The minimum Gasteiger partial charge on any atom is -0.472 e. The average Bonchev–Trinajstić information content (AvgIpc) is 3.23. The highest BCUT2D eigenvalue weighted by atomic mass is 32.2. The van der Waals surface area contributed by atoms with Gasteiger partial charge in [0.2, 0.25) is 0 Å². The van der Waals surface area contributed by atoms with Gasteiger partial charge in [-0.1, -0.05) is 30.3 Å². The largest absolute Gasteiger partial charge is 0.472 e. The number of hydrogen-bond donors (Lipinski definition) is 0. The average molecular weight is 485 g/mol. The standard InChI is InChI=1S/C24H24N2O7S/c1-14(27)30-20-13-34-24(22(32-16(3)29)21(20)31-15(2)28)33-19-10-7-11-26-12-18(25-23(19)26)17-8-5-4-6-9-17/h4-12,20-22,24H,13H2,1-3H3/t20-,21+,22-,24+/m1/s1. The van der Waals surface area contributed by atoms with Crippen LogP contribution in [-0.4, -0.2) is 56.8 Å². The van der Waals surface area contributed by atoms with Gasteiger partial charge in [-0.3, -0.25) is 14.4 Å². The van der Waals surface area contributed by atoms with E-state index in [1.54, 1.807) is 6.07 Å². The van der Waals surface area contributed by atoms with E-state index in [1.165, 1.54) is 32.5 Å². The summed E-state index contributed by atoms with van der Waals surface area (Å²) < 4.78 is 24.4. The van der Waals surface area contributed by atoms with E-state index in [0.717, 1.165) is 11.3 Å². The van der Waals surface area contributed by atoms with Crippen LogP contribution >= 0.6 is 11.8 Å². The van der Waals surface area contributed by atoms with Crippen LogP contribution in [0.5, 0.6) is 5.75 Å². The van der Waals surface area contributed by atoms with Gasteiger partial charge in [0.15, 0.2) is 35.1 Å². The Labute approximate surface area is 200 Å². The van der Waals surface area contributed by atoms with E-state index in [4.69, 9.17) is 23.9 Å². The summed E-state index contributed by atoms with van der Waals surface area (Å²) in [5, 5.41) is 0. The number of aromatic nitrogens is 2. The normalized spacial score (nSPS) is 22.1. The van der Waals surface area contributed by atoms with Crippen molar-refractivity contribution >= 4 is 35.3 Å². The summed E-state index contributed by atoms with van der Waals surface area (Å²) in [6, 6.07) is 13.3. The topological polar surface area (TPSA) is 105 Å². The maximum absolute atomic E-state index is 11.9. The third-order valence-electron chi connectivity index (χ3n) is 5.06. The summed E-state index contributed by atoms with van der Waals surface area (Å²) >= 11 is 1.30. The number of rotatable bonds is 6. The molecule has 0 unspecified atom stereocenters. The quantitative estimate of drug-likeness (QED) is 0.385. The number of thioether (sulfide) groups is 1. The molecule has 4 atom stereocenters. The zero-order valence-electron chi connectivity index (χ0n) is 18.9. The number of pyridine rings is 1. The number of carbonyl (C=O) groups is 3. The van der Waals surface area contributed by atoms with Crippen molar-refractivity contribution in [2.45, 2.75) is 44.5 Å². The molecular formula is C24H24N2O7S. The third-order valence-corrected chi connectivity index (χ3v) is 6.28. The molecule has 4 rings (SSSR count). The van der Waals surface area contributed by atoms with Crippen LogP contribution < -0.4 is 4.74 Å². The maximum Gasteiger partial charge on any atom is 0.303 e. The van der Waals surface area contributed by atoms with Gasteiger partial charge < -0.3 is 23.3 Å². The molecule has 0 amide bonds. The van der Waals surface area contributed by atoms with Crippen molar-refractivity contribution in [1.29, 1.82) is 0 Å². The summed E-state index contributed by atoms with van der Waals surface area (Å²) in [6.07, 6.45) is 0.942. The van der Waals surface area contributed by atoms with E-state index < -0.39 is 41.7 Å². The van der Waals surface area contributed by atoms with Gasteiger partial charge in [0.1, 0.15) is 0 Å². The molecule has 178 valence electrons. The van der Waals surface area contributed by atoms with Gasteiger partial charge in [0.05, 0.1) is 5.69 Å². The number of benzene rings is 1. The van der Waals surface area contributed by atoms with E-state index in [1.807, 2.05) is 53.2 Å². The first-order chi connectivity index (χ1) is 16.3. The van der Waals surface area contributed by atoms with Crippen LogP contribution in [0.4, 0.5) is 0 Å². The van der Waals surface area contributed by atoms with E-state index in [-0.39, 0.29) is 5.75 Å². The molecule has 1 aliphatic rings. The second-order valence-corrected chi connectivity index (χ2v) is 8.84. The Hall–Kier alpha value is -3.53. The first kappa shape index (κ1) is 23.6. The predicted molar refractivity (Wildman–Crippen MR) is 124 cm³/mol. The maximum atomic E-state index is 11.9. The van der Waals surface area contributed by atoms with Gasteiger partial charge in [0, 0.05) is 44.5 Å². The number of nitrogens with zero attached hydrogens (tertiary/aromatic N) is 2. The molecule has 1 aliphatic heterocycles. The van der Waals surface area contributed by atoms with E-state index >= 15 is 0 Å². The molecule has 0 N–H and O–H groups in total. The molecule has 0 bridgehead atoms. The Morgan fingerprint density at radius 3 is 2.26 bits per heavy atom. The molecule has 3 aromatic rings. The molecule has 1 aromatic carbocycles. The summed E-state index contributed by atoms with van der Waals surface area (Å²) in [7, 11) is 0. The lowest BCUT2D eigenvalue weighted by Gasteiger charge is -2.39. The highest BCUT2D eigenvalue weighted by Crippen LogP contribution is 2.35. The van der Waals surface area contributed by atoms with E-state index in [2.05, 4.69) is 0 Å². The predicted octanol–water partition coefficient (Wildman–Crippen LogP) is 3.25. The molecule has 0 spiro atoms. The van der Waals surface area contributed by atoms with Gasteiger partial charge in [-0.2, -0.15) is 0 Å². The first-order valence-electron chi connectivity index (χ1n) is 10.6. The molecule has 1 saturated heterocycles. The molecule has 9 nitrogen and oxygen atoms in total. The van der Waals surface area contributed by atoms with Crippen molar-refractivity contribution in [2.75, 3.05) is 5.75 Å². The van der Waals surface area contributed by atoms with Gasteiger partial charge in [0.25, 0.3) is 0 Å². The van der Waals surface area contributed by atoms with Crippen LogP contribution in [0.1, 0.15) is 20.8 Å². The fourth-order valence-corrected chi connectivity index (χ4v) is 4.97. The Bertz CT molecular complexity index is 1200. The van der Waals surface area contributed by atoms with Crippen LogP contribution in [0.3, 0.4) is 0 Å². The lowest BCUT2D eigenvalue weighted by molar-refractivity contribution is -0.186. The monoisotopic (exact) mass is 484 g/mol. The molecule has 0 saturated carbocycles. The van der Waals surface area contributed by atoms with Crippen LogP contribution in [-0.2, 0) is 28.6 Å². The van der Waals surface area contributed by atoms with Crippen LogP contribution in [0.15, 0.2) is 54.9 Å². The second-order valence-electron chi connectivity index (χ2n) is 7.71. The Morgan fingerprint density at radius 2 is 1.59 bits per heavy atom. The second kappa shape index (κ2) is 10.2. The summed E-state index contributed by atoms with van der Waals surface area (Å²) in [4.78, 5) is 40.0. The first-order valence-corrected chi connectivity index (χ1v) is 11.7. The summed E-state index contributed by atoms with van der Waals surface area (Å²) in [6.45, 7) is 3.76. The van der Waals surface area contributed by atoms with Gasteiger partial charge in [-0.15, -0.1) is 11.8 Å². The number of ether oxygens (including phenoxy) is 4. The molecule has 0 radical (unpaired) electrons. The van der Waals surface area contributed by atoms with Crippen molar-refractivity contribution in [3.8, 4) is 17.0 Å². The van der Waals surface area contributed by atoms with Crippen LogP contribution in [0.25, 0.3) is 16.9 Å². The highest BCUT2D eigenvalue weighted by Gasteiger charge is 2.47. The van der Waals surface area contributed by atoms with Crippen LogP contribution in [0, 0.1) is 0 Å². The Morgan fingerprint density at radius 1 is 0.912 bits per heavy atom. The molecule has 1 fully saturated rings. The number of hydrogen-bond acceptors (Lipinski definition) is 9. The van der Waals surface area contributed by atoms with Crippen molar-refractivity contribution in [3.05, 3.63) is 54.9 Å². The van der Waals surface area contributed by atoms with Crippen molar-refractivity contribution in [1.82, 2.24) is 9.38 Å². The lowest BCUT2D eigenvalue weighted by Crippen LogP contribution is -2.55. The van der Waals surface area contributed by atoms with Crippen molar-refractivity contribution < 1.29 is 33.3 Å². The number of esters is 3. The van der Waals surface area contributed by atoms with Crippen molar-refractivity contribution in [2.24, 2.45) is 0 Å². The lowest BCUT2D eigenvalue weighted by atomic mass is 10.1. The van der Waals surface area contributed by atoms with E-state index in [9.17, 15) is 14.4 Å². The molecular weight excluding hydrogens is 460 g/mol. The third kappa shape index (κ3) is 5.33. The fourth-order valence-electron chi connectivity index (χ4n) is 3.76. The minimum absolute atomic E-state index is 0.285. The van der Waals surface area contributed by atoms with Gasteiger partial charge in [-0.25, -0.2) is 4.98 Å². The Balaban J connectivity index is 1.66. The summed E-state index contributed by atoms with van der Waals surface area (Å²) in [5.74, 6) is -0.948. The van der Waals surface area contributed by atoms with E-state index in [0.29, 0.717) is 11.4 Å². The molecule has 34 heavy (non-hydrogen) atoms. The molecule has 0 aliphatic carbocycles. The minimum atomic E-state index is -1.02. The van der Waals surface area contributed by atoms with Crippen molar-refractivity contribution in [3.63, 3.8) is 0 Å². The highest BCUT2D eigenvalue weighted by molar-refractivity contribution is 7.99. The zero-order chi connectivity index (χ0) is 24.2. The summed E-state index contributed by atoms with van der Waals surface area (Å²) in [5.41, 5.74) is 1.58. The van der Waals surface area contributed by atoms with Gasteiger partial charge in [-0.05, 0) is 12.1 Å². The molecule has 10 heteroatoms. The van der Waals surface area contributed by atoms with Gasteiger partial charge >= 0.3 is 17.9 Å². The SMILES string of the molecule is CC(=O)O[C@@H]1[C@@H](OC(C)=O)[C@@H](Oc2cccn3cc(-c4ccccc4)nc23)SC[C@H]1OC(C)=O. The number of imidazole rings is 1. The number of carbonyl (C=O) groups excluding carboxylic acids is 3. The zero-order valence-corrected chi connectivity index (χ0v) is 19.7. The molecule has 2 aromatic heterocycles. The number of fused-ring (bicyclic) bond motifs is 1. The fraction of sp³-hybridized carbons (Fsp3) is 0.333. The smallest absolute Gasteiger partial charge is 0.303 e. The molecule has 3 heterocycles.